The van der Waals surface area contributed by atoms with Crippen molar-refractivity contribution in [3.8, 4) is 0 Å². The van der Waals surface area contributed by atoms with E-state index >= 15 is 0 Å². The number of hydrogen-bond acceptors (Lipinski definition) is 5. The van der Waals surface area contributed by atoms with Gasteiger partial charge in [-0.05, 0) is 61.9 Å². The van der Waals surface area contributed by atoms with E-state index in [1.807, 2.05) is 20.8 Å². The number of hydrogen-bond donors (Lipinski definition) is 2. The molecule has 0 spiro atoms. The van der Waals surface area contributed by atoms with Gasteiger partial charge in [0.1, 0.15) is 12.4 Å². The first kappa shape index (κ1) is 19.7. The lowest BCUT2D eigenvalue weighted by molar-refractivity contribution is -0.116. The van der Waals surface area contributed by atoms with Crippen LogP contribution in [0.15, 0.2) is 28.6 Å². The molecule has 6 nitrogen and oxygen atoms in total. The lowest BCUT2D eigenvalue weighted by Gasteiger charge is -2.27. The molecule has 6 heteroatoms. The van der Waals surface area contributed by atoms with Gasteiger partial charge < -0.3 is 15.1 Å². The molecular weight excluding hydrogens is 334 g/mol. The van der Waals surface area contributed by atoms with Crippen LogP contribution in [0.25, 0.3) is 0 Å². The van der Waals surface area contributed by atoms with Gasteiger partial charge in [0.2, 0.25) is 0 Å². The molecule has 1 aromatic rings. The summed E-state index contributed by atoms with van der Waals surface area (Å²) >= 11 is 0. The van der Waals surface area contributed by atoms with Crippen molar-refractivity contribution in [3.05, 3.63) is 45.7 Å². The van der Waals surface area contributed by atoms with Crippen LogP contribution in [0, 0.1) is 13.8 Å². The second-order valence-electron chi connectivity index (χ2n) is 6.49. The van der Waals surface area contributed by atoms with Crippen LogP contribution in [0.2, 0.25) is 0 Å². The van der Waals surface area contributed by atoms with Crippen LogP contribution in [0.5, 0.6) is 0 Å². The molecule has 0 aliphatic heterocycles. The Morgan fingerprint density at radius 3 is 2.31 bits per heavy atom. The van der Waals surface area contributed by atoms with Gasteiger partial charge in [0, 0.05) is 12.8 Å². The van der Waals surface area contributed by atoms with E-state index < -0.39 is 5.97 Å². The molecule has 1 aromatic carbocycles. The van der Waals surface area contributed by atoms with E-state index in [0.717, 1.165) is 16.7 Å². The van der Waals surface area contributed by atoms with Crippen molar-refractivity contribution in [1.29, 1.82) is 0 Å². The van der Waals surface area contributed by atoms with E-state index in [0.29, 0.717) is 25.2 Å². The number of aromatic carboxylic acids is 1. The van der Waals surface area contributed by atoms with Gasteiger partial charge in [-0.3, -0.25) is 4.79 Å². The lowest BCUT2D eigenvalue weighted by Crippen LogP contribution is -2.24. The molecule has 0 amide bonds. The van der Waals surface area contributed by atoms with Crippen LogP contribution in [-0.2, 0) is 9.63 Å². The molecule has 0 saturated heterocycles. The first-order valence-electron chi connectivity index (χ1n) is 8.79. The highest BCUT2D eigenvalue weighted by Gasteiger charge is 2.32. The molecule has 26 heavy (non-hydrogen) atoms. The van der Waals surface area contributed by atoms with Crippen molar-refractivity contribution in [1.82, 2.24) is 0 Å². The number of aliphatic hydroxyl groups excluding tert-OH is 1. The van der Waals surface area contributed by atoms with Gasteiger partial charge in [0.05, 0.1) is 16.8 Å². The summed E-state index contributed by atoms with van der Waals surface area (Å²) in [6, 6.07) is 3.22. The fraction of sp³-hybridized carbons (Fsp3) is 0.450. The number of oxime groups is 1. The molecule has 1 aliphatic carbocycles. The standard InChI is InChI=1S/C20H25NO5/c1-5-15(21-26-6-2)19-16(22)9-13(10-17(19)23)18-11(3)7-14(20(24)25)8-12(18)4/h7-8,13,22H,5-6,9-10H2,1-4H3,(H,24,25). The quantitative estimate of drug-likeness (QED) is 0.590. The van der Waals surface area contributed by atoms with Crippen molar-refractivity contribution >= 4 is 17.5 Å². The summed E-state index contributed by atoms with van der Waals surface area (Å²) in [4.78, 5) is 29.0. The number of allylic oxidation sites excluding steroid dienone is 2. The fourth-order valence-electron chi connectivity index (χ4n) is 3.60. The number of benzene rings is 1. The molecule has 0 saturated carbocycles. The average Bonchev–Trinajstić information content (AvgIpc) is 2.56. The van der Waals surface area contributed by atoms with Crippen LogP contribution in [0.1, 0.15) is 66.1 Å². The molecule has 0 aromatic heterocycles. The number of rotatable bonds is 6. The fourth-order valence-corrected chi connectivity index (χ4v) is 3.60. The van der Waals surface area contributed by atoms with Gasteiger partial charge >= 0.3 is 5.97 Å². The SMILES string of the molecule is CCON=C(CC)C1=C(O)CC(c2c(C)cc(C(=O)O)cc2C)CC1=O. The zero-order valence-corrected chi connectivity index (χ0v) is 15.6. The number of carboxylic acid groups (broad SMARTS) is 1. The molecule has 0 radical (unpaired) electrons. The lowest BCUT2D eigenvalue weighted by atomic mass is 9.78. The van der Waals surface area contributed by atoms with Crippen molar-refractivity contribution in [2.24, 2.45) is 5.16 Å². The van der Waals surface area contributed by atoms with E-state index in [9.17, 15) is 19.8 Å². The van der Waals surface area contributed by atoms with Gasteiger partial charge in [-0.15, -0.1) is 0 Å². The number of carbonyl (C=O) groups excluding carboxylic acids is 1. The van der Waals surface area contributed by atoms with E-state index in [-0.39, 0.29) is 35.0 Å². The van der Waals surface area contributed by atoms with Crippen LogP contribution in [0.3, 0.4) is 0 Å². The molecular formula is C20H25NO5. The zero-order valence-electron chi connectivity index (χ0n) is 15.6. The zero-order chi connectivity index (χ0) is 19.4. The number of Topliss-reactive ketones (excluding diaryl/α,β-unsaturated/α-hetero) is 1. The van der Waals surface area contributed by atoms with Crippen LogP contribution in [0.4, 0.5) is 0 Å². The van der Waals surface area contributed by atoms with Crippen molar-refractivity contribution in [2.75, 3.05) is 6.61 Å². The topological polar surface area (TPSA) is 96.2 Å². The normalized spacial score (nSPS) is 18.2. The van der Waals surface area contributed by atoms with Gasteiger partial charge in [0.25, 0.3) is 0 Å². The maximum atomic E-state index is 12.7. The number of carboxylic acids is 1. The second kappa shape index (κ2) is 8.17. The minimum absolute atomic E-state index is 0.0210. The number of carbonyl (C=O) groups is 2. The van der Waals surface area contributed by atoms with E-state index in [1.165, 1.54) is 0 Å². The molecule has 1 unspecified atom stereocenters. The summed E-state index contributed by atoms with van der Waals surface area (Å²) in [6.07, 6.45) is 1.06. The highest BCUT2D eigenvalue weighted by atomic mass is 16.6. The molecule has 2 rings (SSSR count). The Balaban J connectivity index is 2.40. The van der Waals surface area contributed by atoms with Gasteiger partial charge in [-0.2, -0.15) is 0 Å². The Hall–Kier alpha value is -2.63. The third kappa shape index (κ3) is 3.95. The molecule has 140 valence electrons. The van der Waals surface area contributed by atoms with Gasteiger partial charge in [-0.1, -0.05) is 12.1 Å². The third-order valence-corrected chi connectivity index (χ3v) is 4.62. The highest BCUT2D eigenvalue weighted by molar-refractivity contribution is 6.23. The van der Waals surface area contributed by atoms with Crippen molar-refractivity contribution in [3.63, 3.8) is 0 Å². The minimum atomic E-state index is -0.979. The Morgan fingerprint density at radius 2 is 1.85 bits per heavy atom. The first-order chi connectivity index (χ1) is 12.3. The molecule has 1 atom stereocenters. The molecule has 0 fully saturated rings. The Kier molecular flexibility index (Phi) is 6.18. The van der Waals surface area contributed by atoms with Gasteiger partial charge in [-0.25, -0.2) is 4.79 Å². The number of ketones is 1. The maximum Gasteiger partial charge on any atom is 0.335 e. The number of aliphatic hydroxyl groups is 1. The van der Waals surface area contributed by atoms with Crippen molar-refractivity contribution in [2.45, 2.75) is 52.9 Å². The molecule has 1 aliphatic rings. The summed E-state index contributed by atoms with van der Waals surface area (Å²) in [5.41, 5.74) is 3.50. The highest BCUT2D eigenvalue weighted by Crippen LogP contribution is 2.37. The van der Waals surface area contributed by atoms with Crippen LogP contribution in [-0.4, -0.2) is 34.3 Å². The van der Waals surface area contributed by atoms with Crippen molar-refractivity contribution < 1.29 is 24.6 Å². The number of aryl methyl sites for hydroxylation is 2. The average molecular weight is 359 g/mol. The predicted octanol–water partition coefficient (Wildman–Crippen LogP) is 4.06. The smallest absolute Gasteiger partial charge is 0.335 e. The van der Waals surface area contributed by atoms with E-state index in [2.05, 4.69) is 5.16 Å². The minimum Gasteiger partial charge on any atom is -0.511 e. The summed E-state index contributed by atoms with van der Waals surface area (Å²) in [5, 5.41) is 23.7. The van der Waals surface area contributed by atoms with Crippen LogP contribution >= 0.6 is 0 Å². The maximum absolute atomic E-state index is 12.7. The van der Waals surface area contributed by atoms with E-state index in [1.54, 1.807) is 19.1 Å². The van der Waals surface area contributed by atoms with Gasteiger partial charge in [0.15, 0.2) is 5.78 Å². The molecule has 0 bridgehead atoms. The number of nitrogens with zero attached hydrogens (tertiary/aromatic N) is 1. The Morgan fingerprint density at radius 1 is 1.23 bits per heavy atom. The summed E-state index contributed by atoms with van der Waals surface area (Å²) < 4.78 is 0. The van der Waals surface area contributed by atoms with E-state index in [4.69, 9.17) is 4.84 Å². The van der Waals surface area contributed by atoms with Crippen LogP contribution < -0.4 is 0 Å². The predicted molar refractivity (Wildman–Crippen MR) is 98.9 cm³/mol. The summed E-state index contributed by atoms with van der Waals surface area (Å²) in [7, 11) is 0. The summed E-state index contributed by atoms with van der Waals surface area (Å²) in [5.74, 6) is -1.31. The molecule has 2 N–H and O–H groups in total. The Labute approximate surface area is 153 Å². The third-order valence-electron chi connectivity index (χ3n) is 4.62. The monoisotopic (exact) mass is 359 g/mol. The first-order valence-corrected chi connectivity index (χ1v) is 8.79. The largest absolute Gasteiger partial charge is 0.511 e. The second-order valence-corrected chi connectivity index (χ2v) is 6.49. The summed E-state index contributed by atoms with van der Waals surface area (Å²) in [6.45, 7) is 7.72. The Bertz CT molecular complexity index is 768. The molecule has 0 heterocycles.